The molecule has 1 aromatic heterocycles. The van der Waals surface area contributed by atoms with E-state index in [-0.39, 0.29) is 9.77 Å². The lowest BCUT2D eigenvalue weighted by Gasteiger charge is -2.34. The number of benzene rings is 3. The Kier molecular flexibility index (Phi) is 6.16. The maximum absolute atomic E-state index is 13.0. The second-order valence-electron chi connectivity index (χ2n) is 8.51. The van der Waals surface area contributed by atoms with Gasteiger partial charge in [-0.25, -0.2) is 8.42 Å². The quantitative estimate of drug-likeness (QED) is 0.443. The summed E-state index contributed by atoms with van der Waals surface area (Å²) in [7, 11) is -1.67. The van der Waals surface area contributed by atoms with Gasteiger partial charge in [-0.05, 0) is 55.1 Å². The lowest BCUT2D eigenvalue weighted by atomic mass is 10.2. The molecule has 0 bridgehead atoms. The van der Waals surface area contributed by atoms with Crippen molar-refractivity contribution in [1.29, 1.82) is 0 Å². The molecule has 7 nitrogen and oxygen atoms in total. The number of rotatable bonds is 6. The number of sulfonamides is 1. The molecule has 1 aliphatic heterocycles. The Morgan fingerprint density at radius 2 is 1.62 bits per heavy atom. The lowest BCUT2D eigenvalue weighted by Crippen LogP contribution is -2.44. The number of thiazole rings is 1. The second-order valence-corrected chi connectivity index (χ2v) is 11.2. The van der Waals surface area contributed by atoms with Crippen LogP contribution in [-0.4, -0.2) is 51.1 Å². The van der Waals surface area contributed by atoms with Crippen LogP contribution < -0.4 is 14.5 Å². The molecule has 1 fully saturated rings. The Hall–Kier alpha value is -3.14. The molecule has 4 aromatic rings. The topological polar surface area (TPSA) is 74.7 Å². The average molecular weight is 495 g/mol. The third-order valence-electron chi connectivity index (χ3n) is 6.12. The number of likely N-dealkylation sites (N-methyl/N-ethyl adjacent to an activating group) is 1. The first-order chi connectivity index (χ1) is 16.4. The smallest absolute Gasteiger partial charge is 0.308 e. The standard InChI is InChI=1S/C25H26N4O3S2/c1-27-13-15-28(16-14-27)21-9-7-20(8-10-21)26-34(31,32)22-11-12-23-24(17-22)33-25(30)29(23)18-19-5-3-2-4-6-19/h2-12,17,26H,13-16,18H2,1H3. The molecule has 0 unspecified atom stereocenters. The van der Waals surface area contributed by atoms with Crippen LogP contribution >= 0.6 is 11.3 Å². The Bertz CT molecular complexity index is 1450. The summed E-state index contributed by atoms with van der Waals surface area (Å²) in [6.07, 6.45) is 0. The number of hydrogen-bond acceptors (Lipinski definition) is 6. The molecular formula is C25H26N4O3S2. The highest BCUT2D eigenvalue weighted by Gasteiger charge is 2.18. The zero-order valence-electron chi connectivity index (χ0n) is 18.8. The maximum atomic E-state index is 13.0. The SMILES string of the molecule is CN1CCN(c2ccc(NS(=O)(=O)c3ccc4c(c3)sc(=O)n4Cc3ccccc3)cc2)CC1. The van der Waals surface area contributed by atoms with Crippen molar-refractivity contribution in [1.82, 2.24) is 9.47 Å². The predicted octanol–water partition coefficient (Wildman–Crippen LogP) is 3.66. The molecule has 9 heteroatoms. The van der Waals surface area contributed by atoms with Gasteiger partial charge in [-0.2, -0.15) is 0 Å². The van der Waals surface area contributed by atoms with Gasteiger partial charge in [0.15, 0.2) is 0 Å². The number of nitrogens with one attached hydrogen (secondary N) is 1. The third-order valence-corrected chi connectivity index (χ3v) is 8.44. The van der Waals surface area contributed by atoms with Crippen molar-refractivity contribution in [2.45, 2.75) is 11.4 Å². The summed E-state index contributed by atoms with van der Waals surface area (Å²) in [6.45, 7) is 4.37. The van der Waals surface area contributed by atoms with Crippen LogP contribution in [0.3, 0.4) is 0 Å². The van der Waals surface area contributed by atoms with Crippen LogP contribution in [-0.2, 0) is 16.6 Å². The molecule has 0 aliphatic carbocycles. The molecule has 0 atom stereocenters. The van der Waals surface area contributed by atoms with E-state index in [9.17, 15) is 13.2 Å². The molecule has 3 aromatic carbocycles. The number of hydrogen-bond donors (Lipinski definition) is 1. The summed E-state index contributed by atoms with van der Waals surface area (Å²) in [5, 5.41) is 0. The van der Waals surface area contributed by atoms with E-state index < -0.39 is 10.0 Å². The molecule has 176 valence electrons. The van der Waals surface area contributed by atoms with E-state index in [2.05, 4.69) is 21.6 Å². The molecule has 1 N–H and O–H groups in total. The molecule has 0 spiro atoms. The highest BCUT2D eigenvalue weighted by molar-refractivity contribution is 7.92. The number of piperazine rings is 1. The van der Waals surface area contributed by atoms with Gasteiger partial charge in [0.05, 0.1) is 21.7 Å². The average Bonchev–Trinajstić information content (AvgIpc) is 3.15. The number of aromatic nitrogens is 1. The Balaban J connectivity index is 1.35. The van der Waals surface area contributed by atoms with Gasteiger partial charge in [0.1, 0.15) is 0 Å². The van der Waals surface area contributed by atoms with Crippen LogP contribution in [0.5, 0.6) is 0 Å². The fraction of sp³-hybridized carbons (Fsp3) is 0.240. The molecule has 1 aliphatic rings. The van der Waals surface area contributed by atoms with Crippen molar-refractivity contribution in [3.05, 3.63) is 88.0 Å². The fourth-order valence-electron chi connectivity index (χ4n) is 4.15. The normalized spacial score (nSPS) is 15.0. The van der Waals surface area contributed by atoms with Crippen LogP contribution in [0.25, 0.3) is 10.2 Å². The minimum Gasteiger partial charge on any atom is -0.369 e. The largest absolute Gasteiger partial charge is 0.369 e. The summed E-state index contributed by atoms with van der Waals surface area (Å²) >= 11 is 1.06. The van der Waals surface area contributed by atoms with Gasteiger partial charge in [0.2, 0.25) is 0 Å². The molecule has 2 heterocycles. The fourth-order valence-corrected chi connectivity index (χ4v) is 6.24. The minimum atomic E-state index is -3.79. The van der Waals surface area contributed by atoms with E-state index in [0.717, 1.165) is 54.3 Å². The molecule has 5 rings (SSSR count). The molecule has 0 radical (unpaired) electrons. The van der Waals surface area contributed by atoms with E-state index in [1.807, 2.05) is 42.5 Å². The van der Waals surface area contributed by atoms with E-state index in [1.165, 1.54) is 0 Å². The minimum absolute atomic E-state index is 0.110. The number of nitrogens with zero attached hydrogens (tertiary/aromatic N) is 3. The zero-order valence-corrected chi connectivity index (χ0v) is 20.5. The third kappa shape index (κ3) is 4.72. The van der Waals surface area contributed by atoms with Gasteiger partial charge in [-0.3, -0.25) is 14.1 Å². The maximum Gasteiger partial charge on any atom is 0.308 e. The van der Waals surface area contributed by atoms with Gasteiger partial charge >= 0.3 is 4.87 Å². The second kappa shape index (κ2) is 9.25. The summed E-state index contributed by atoms with van der Waals surface area (Å²) < 4.78 is 31.1. The zero-order chi connectivity index (χ0) is 23.7. The molecule has 0 amide bonds. The van der Waals surface area contributed by atoms with Crippen LogP contribution in [0, 0.1) is 0 Å². The highest BCUT2D eigenvalue weighted by atomic mass is 32.2. The van der Waals surface area contributed by atoms with E-state index in [0.29, 0.717) is 16.9 Å². The molecule has 1 saturated heterocycles. The van der Waals surface area contributed by atoms with Crippen molar-refractivity contribution in [3.8, 4) is 0 Å². The van der Waals surface area contributed by atoms with Gasteiger partial charge in [-0.15, -0.1) is 0 Å². The first-order valence-corrected chi connectivity index (χ1v) is 13.4. The van der Waals surface area contributed by atoms with Crippen LogP contribution in [0.1, 0.15) is 5.56 Å². The Labute approximate surface area is 202 Å². The predicted molar refractivity (Wildman–Crippen MR) is 139 cm³/mol. The molecule has 34 heavy (non-hydrogen) atoms. The van der Waals surface area contributed by atoms with Gasteiger partial charge < -0.3 is 9.80 Å². The van der Waals surface area contributed by atoms with Gasteiger partial charge in [0, 0.05) is 37.6 Å². The monoisotopic (exact) mass is 494 g/mol. The van der Waals surface area contributed by atoms with Gasteiger partial charge in [0.25, 0.3) is 10.0 Å². The van der Waals surface area contributed by atoms with Crippen molar-refractivity contribution < 1.29 is 8.42 Å². The van der Waals surface area contributed by atoms with Gasteiger partial charge in [-0.1, -0.05) is 41.7 Å². The first-order valence-electron chi connectivity index (χ1n) is 11.1. The first kappa shape index (κ1) is 22.6. The Morgan fingerprint density at radius 1 is 0.912 bits per heavy atom. The summed E-state index contributed by atoms with van der Waals surface area (Å²) in [6, 6.07) is 22.0. The van der Waals surface area contributed by atoms with E-state index in [4.69, 9.17) is 0 Å². The molecule has 0 saturated carbocycles. The summed E-state index contributed by atoms with van der Waals surface area (Å²) in [5.41, 5.74) is 3.34. The van der Waals surface area contributed by atoms with Crippen LogP contribution in [0.15, 0.2) is 82.5 Å². The summed E-state index contributed by atoms with van der Waals surface area (Å²) in [5.74, 6) is 0. The highest BCUT2D eigenvalue weighted by Crippen LogP contribution is 2.25. The van der Waals surface area contributed by atoms with Crippen molar-refractivity contribution in [2.24, 2.45) is 0 Å². The summed E-state index contributed by atoms with van der Waals surface area (Å²) in [4.78, 5) is 17.2. The number of fused-ring (bicyclic) bond motifs is 1. The van der Waals surface area contributed by atoms with E-state index in [1.54, 1.807) is 34.9 Å². The van der Waals surface area contributed by atoms with E-state index >= 15 is 0 Å². The van der Waals surface area contributed by atoms with Crippen molar-refractivity contribution in [2.75, 3.05) is 42.8 Å². The van der Waals surface area contributed by atoms with Crippen LogP contribution in [0.2, 0.25) is 0 Å². The molecular weight excluding hydrogens is 468 g/mol. The lowest BCUT2D eigenvalue weighted by molar-refractivity contribution is 0.313. The van der Waals surface area contributed by atoms with Crippen molar-refractivity contribution >= 4 is 43.0 Å². The Morgan fingerprint density at radius 3 is 2.32 bits per heavy atom. The number of anilines is 2. The van der Waals surface area contributed by atoms with Crippen molar-refractivity contribution in [3.63, 3.8) is 0 Å². The van der Waals surface area contributed by atoms with Crippen LogP contribution in [0.4, 0.5) is 11.4 Å².